The highest BCUT2D eigenvalue weighted by molar-refractivity contribution is 9.10. The zero-order valence-corrected chi connectivity index (χ0v) is 13.6. The van der Waals surface area contributed by atoms with Crippen molar-refractivity contribution in [3.05, 3.63) is 62.5 Å². The molecule has 0 saturated carbocycles. The van der Waals surface area contributed by atoms with Crippen molar-refractivity contribution in [3.63, 3.8) is 0 Å². The van der Waals surface area contributed by atoms with Crippen LogP contribution in [0.2, 0.25) is 0 Å². The molecular weight excluding hydrogens is 362 g/mol. The van der Waals surface area contributed by atoms with Gasteiger partial charge in [0.15, 0.2) is 0 Å². The average molecular weight is 374 g/mol. The Labute approximate surface area is 141 Å². The van der Waals surface area contributed by atoms with Gasteiger partial charge in [0.2, 0.25) is 0 Å². The molecule has 116 valence electrons. The molecule has 1 aliphatic heterocycles. The molecule has 0 spiro atoms. The number of carbonyl (C=O) groups is 1. The van der Waals surface area contributed by atoms with Crippen molar-refractivity contribution in [1.29, 1.82) is 0 Å². The van der Waals surface area contributed by atoms with Crippen LogP contribution < -0.4 is 9.47 Å². The Balaban J connectivity index is 1.72. The molecule has 0 bridgehead atoms. The molecule has 5 nitrogen and oxygen atoms in total. The Morgan fingerprint density at radius 2 is 2.13 bits per heavy atom. The Kier molecular flexibility index (Phi) is 4.52. The summed E-state index contributed by atoms with van der Waals surface area (Å²) in [5.41, 5.74) is 2.73. The van der Waals surface area contributed by atoms with E-state index in [4.69, 9.17) is 9.47 Å². The van der Waals surface area contributed by atoms with Crippen molar-refractivity contribution in [3.8, 4) is 11.5 Å². The third-order valence-corrected chi connectivity index (χ3v) is 4.02. The highest BCUT2D eigenvalue weighted by atomic mass is 79.9. The molecule has 3 rings (SSSR count). The molecule has 0 saturated heterocycles. The third-order valence-electron chi connectivity index (χ3n) is 3.39. The molecule has 6 heteroatoms. The van der Waals surface area contributed by atoms with E-state index in [2.05, 4.69) is 21.1 Å². The van der Waals surface area contributed by atoms with E-state index in [0.717, 1.165) is 17.4 Å². The smallest absolute Gasteiger partial charge is 0.149 e. The van der Waals surface area contributed by atoms with E-state index in [-0.39, 0.29) is 6.61 Å². The molecule has 2 aromatic carbocycles. The fourth-order valence-corrected chi connectivity index (χ4v) is 2.70. The van der Waals surface area contributed by atoms with Crippen molar-refractivity contribution in [2.24, 2.45) is 5.18 Å². The number of aldehydes is 1. The lowest BCUT2D eigenvalue weighted by Crippen LogP contribution is -2.08. The van der Waals surface area contributed by atoms with Gasteiger partial charge < -0.3 is 9.47 Å². The highest BCUT2D eigenvalue weighted by Crippen LogP contribution is 2.31. The predicted octanol–water partition coefficient (Wildman–Crippen LogP) is 4.40. The normalized spacial score (nSPS) is 12.7. The number of hydrogen-bond acceptors (Lipinski definition) is 5. The summed E-state index contributed by atoms with van der Waals surface area (Å²) in [6.45, 7) is 0.624. The van der Waals surface area contributed by atoms with Crippen molar-refractivity contribution in [1.82, 2.24) is 0 Å². The Bertz CT molecular complexity index is 801. The first-order valence-corrected chi connectivity index (χ1v) is 7.66. The maximum absolute atomic E-state index is 10.8. The van der Waals surface area contributed by atoms with E-state index in [1.54, 1.807) is 30.3 Å². The fraction of sp³-hybridized carbons (Fsp3) is 0.118. The summed E-state index contributed by atoms with van der Waals surface area (Å²) in [7, 11) is 0. The summed E-state index contributed by atoms with van der Waals surface area (Å²) in [5, 5.41) is 2.91. The molecule has 1 heterocycles. The van der Waals surface area contributed by atoms with E-state index in [1.165, 1.54) is 0 Å². The van der Waals surface area contributed by atoms with Crippen molar-refractivity contribution in [2.75, 3.05) is 6.61 Å². The third kappa shape index (κ3) is 3.48. The first kappa shape index (κ1) is 15.4. The molecular formula is C17H12BrNO4. The van der Waals surface area contributed by atoms with Gasteiger partial charge in [0.1, 0.15) is 36.7 Å². The number of fused-ring (bicyclic) bond motifs is 1. The van der Waals surface area contributed by atoms with Gasteiger partial charge in [-0.3, -0.25) is 4.79 Å². The van der Waals surface area contributed by atoms with Crippen molar-refractivity contribution in [2.45, 2.75) is 6.61 Å². The first-order valence-electron chi connectivity index (χ1n) is 6.87. The molecule has 0 aromatic heterocycles. The lowest BCUT2D eigenvalue weighted by atomic mass is 10.1. The van der Waals surface area contributed by atoms with Gasteiger partial charge in [-0.1, -0.05) is 6.07 Å². The molecule has 0 fully saturated rings. The SMILES string of the molecule is O=CC1=Cc2ccc(OCc3ccc(N=O)c(Br)c3)cc2OC1. The van der Waals surface area contributed by atoms with Crippen LogP contribution in [0.25, 0.3) is 6.08 Å². The zero-order chi connectivity index (χ0) is 16.2. The lowest BCUT2D eigenvalue weighted by molar-refractivity contribution is -0.105. The topological polar surface area (TPSA) is 65.0 Å². The number of nitroso groups, excluding NO2 is 1. The van der Waals surface area contributed by atoms with Crippen LogP contribution in [0.3, 0.4) is 0 Å². The van der Waals surface area contributed by atoms with E-state index in [1.807, 2.05) is 12.1 Å². The van der Waals surface area contributed by atoms with Gasteiger partial charge in [-0.2, -0.15) is 0 Å². The van der Waals surface area contributed by atoms with E-state index >= 15 is 0 Å². The standard InChI is InChI=1S/C17H12BrNO4/c18-15-6-11(1-4-16(15)19-21)9-22-14-3-2-13-5-12(8-20)10-23-17(13)7-14/h1-8H,9-10H2. The maximum atomic E-state index is 10.8. The van der Waals surface area contributed by atoms with E-state index < -0.39 is 0 Å². The molecule has 0 atom stereocenters. The quantitative estimate of drug-likeness (QED) is 0.575. The molecule has 2 aromatic rings. The summed E-state index contributed by atoms with van der Waals surface area (Å²) in [6, 6.07) is 10.7. The predicted molar refractivity (Wildman–Crippen MR) is 89.9 cm³/mol. The van der Waals surface area contributed by atoms with Gasteiger partial charge in [0.25, 0.3) is 0 Å². The molecule has 0 amide bonds. The molecule has 0 N–H and O–H groups in total. The second kappa shape index (κ2) is 6.75. The van der Waals surface area contributed by atoms with Gasteiger partial charge in [-0.25, -0.2) is 0 Å². The van der Waals surface area contributed by atoms with Crippen LogP contribution in [0.5, 0.6) is 11.5 Å². The number of rotatable bonds is 5. The van der Waals surface area contributed by atoms with Crippen molar-refractivity contribution >= 4 is 34.0 Å². The van der Waals surface area contributed by atoms with Gasteiger partial charge in [0.05, 0.1) is 0 Å². The summed E-state index contributed by atoms with van der Waals surface area (Å²) in [5.74, 6) is 1.36. The minimum Gasteiger partial charge on any atom is -0.489 e. The Morgan fingerprint density at radius 3 is 2.87 bits per heavy atom. The average Bonchev–Trinajstić information content (AvgIpc) is 2.59. The Hall–Kier alpha value is -2.47. The second-order valence-corrected chi connectivity index (χ2v) is 5.85. The van der Waals surface area contributed by atoms with Crippen LogP contribution in [0.1, 0.15) is 11.1 Å². The minimum atomic E-state index is 0.271. The Morgan fingerprint density at radius 1 is 1.26 bits per heavy atom. The minimum absolute atomic E-state index is 0.271. The van der Waals surface area contributed by atoms with Gasteiger partial charge in [0, 0.05) is 21.7 Å². The van der Waals surface area contributed by atoms with Gasteiger partial charge in [-0.05, 0) is 57.0 Å². The summed E-state index contributed by atoms with van der Waals surface area (Å²) >= 11 is 3.29. The number of hydrogen-bond donors (Lipinski definition) is 0. The molecule has 23 heavy (non-hydrogen) atoms. The summed E-state index contributed by atoms with van der Waals surface area (Å²) in [4.78, 5) is 21.3. The fourth-order valence-electron chi connectivity index (χ4n) is 2.20. The number of halogens is 1. The van der Waals surface area contributed by atoms with Crippen LogP contribution in [-0.2, 0) is 11.4 Å². The first-order chi connectivity index (χ1) is 11.2. The zero-order valence-electron chi connectivity index (χ0n) is 12.0. The van der Waals surface area contributed by atoms with Crippen LogP contribution in [0.4, 0.5) is 5.69 Å². The van der Waals surface area contributed by atoms with Crippen LogP contribution in [-0.4, -0.2) is 12.9 Å². The molecule has 1 aliphatic rings. The highest BCUT2D eigenvalue weighted by Gasteiger charge is 2.12. The number of carbonyl (C=O) groups excluding carboxylic acids is 1. The van der Waals surface area contributed by atoms with Gasteiger partial charge >= 0.3 is 0 Å². The van der Waals surface area contributed by atoms with Crippen molar-refractivity contribution < 1.29 is 14.3 Å². The largest absolute Gasteiger partial charge is 0.489 e. The number of benzene rings is 2. The monoisotopic (exact) mass is 373 g/mol. The number of ether oxygens (including phenoxy) is 2. The van der Waals surface area contributed by atoms with E-state index in [9.17, 15) is 9.70 Å². The van der Waals surface area contributed by atoms with E-state index in [0.29, 0.717) is 33.8 Å². The molecule has 0 radical (unpaired) electrons. The second-order valence-electron chi connectivity index (χ2n) is 4.99. The van der Waals surface area contributed by atoms with Gasteiger partial charge in [-0.15, -0.1) is 4.91 Å². The maximum Gasteiger partial charge on any atom is 0.149 e. The summed E-state index contributed by atoms with van der Waals surface area (Å²) in [6.07, 6.45) is 2.60. The lowest BCUT2D eigenvalue weighted by Gasteiger charge is -2.16. The van der Waals surface area contributed by atoms with Crippen LogP contribution >= 0.6 is 15.9 Å². The molecule has 0 aliphatic carbocycles. The number of nitrogens with zero attached hydrogens (tertiary/aromatic N) is 1. The van der Waals surface area contributed by atoms with Crippen LogP contribution in [0, 0.1) is 4.91 Å². The molecule has 0 unspecified atom stereocenters. The van der Waals surface area contributed by atoms with Crippen LogP contribution in [0.15, 0.2) is 51.6 Å². The summed E-state index contributed by atoms with van der Waals surface area (Å²) < 4.78 is 11.9.